The van der Waals surface area contributed by atoms with Crippen molar-refractivity contribution in [1.82, 2.24) is 19.7 Å². The summed E-state index contributed by atoms with van der Waals surface area (Å²) in [7, 11) is 0. The second-order valence-corrected chi connectivity index (χ2v) is 6.35. The SMILES string of the molecule is CSc1ncc(C(=O)OCc2nc(C(C)C)no2)n1-c1ccccc1. The molecule has 3 rings (SSSR count). The quantitative estimate of drug-likeness (QED) is 0.493. The number of rotatable bonds is 6. The highest BCUT2D eigenvalue weighted by Crippen LogP contribution is 2.22. The molecule has 0 fully saturated rings. The highest BCUT2D eigenvalue weighted by atomic mass is 32.2. The summed E-state index contributed by atoms with van der Waals surface area (Å²) in [6, 6.07) is 9.54. The maximum absolute atomic E-state index is 12.5. The van der Waals surface area contributed by atoms with Crippen LogP contribution in [0.5, 0.6) is 0 Å². The lowest BCUT2D eigenvalue weighted by Crippen LogP contribution is -2.12. The van der Waals surface area contributed by atoms with Gasteiger partial charge in [0.15, 0.2) is 23.3 Å². The maximum atomic E-state index is 12.5. The van der Waals surface area contributed by atoms with Crippen LogP contribution < -0.4 is 0 Å². The lowest BCUT2D eigenvalue weighted by atomic mass is 10.2. The lowest BCUT2D eigenvalue weighted by Gasteiger charge is -2.10. The van der Waals surface area contributed by atoms with Crippen LogP contribution in [0.3, 0.4) is 0 Å². The van der Waals surface area contributed by atoms with E-state index < -0.39 is 5.97 Å². The van der Waals surface area contributed by atoms with E-state index in [0.717, 1.165) is 5.69 Å². The molecule has 0 radical (unpaired) electrons. The summed E-state index contributed by atoms with van der Waals surface area (Å²) >= 11 is 1.45. The number of imidazole rings is 1. The van der Waals surface area contributed by atoms with Gasteiger partial charge in [0.25, 0.3) is 5.89 Å². The van der Waals surface area contributed by atoms with Gasteiger partial charge in [-0.05, 0) is 18.4 Å². The van der Waals surface area contributed by atoms with E-state index in [2.05, 4.69) is 15.1 Å². The average molecular weight is 358 g/mol. The van der Waals surface area contributed by atoms with Gasteiger partial charge >= 0.3 is 5.97 Å². The summed E-state index contributed by atoms with van der Waals surface area (Å²) in [6.07, 6.45) is 3.41. The van der Waals surface area contributed by atoms with Crippen molar-refractivity contribution in [3.8, 4) is 5.69 Å². The number of ether oxygens (including phenoxy) is 1. The Bertz CT molecular complexity index is 858. The van der Waals surface area contributed by atoms with Crippen molar-refractivity contribution >= 4 is 17.7 Å². The summed E-state index contributed by atoms with van der Waals surface area (Å²) < 4.78 is 12.2. The van der Waals surface area contributed by atoms with E-state index in [4.69, 9.17) is 9.26 Å². The second kappa shape index (κ2) is 7.52. The van der Waals surface area contributed by atoms with Crippen molar-refractivity contribution in [2.75, 3.05) is 6.26 Å². The molecule has 0 amide bonds. The third-order valence-corrected chi connectivity index (χ3v) is 4.12. The van der Waals surface area contributed by atoms with Gasteiger partial charge in [0.05, 0.1) is 6.20 Å². The molecule has 2 aromatic heterocycles. The number of para-hydroxylation sites is 1. The number of hydrogen-bond acceptors (Lipinski definition) is 7. The first-order valence-corrected chi connectivity index (χ1v) is 8.99. The topological polar surface area (TPSA) is 83.0 Å². The molecular weight excluding hydrogens is 340 g/mol. The van der Waals surface area contributed by atoms with Crippen molar-refractivity contribution in [3.63, 3.8) is 0 Å². The molecule has 3 aromatic rings. The van der Waals surface area contributed by atoms with Crippen molar-refractivity contribution in [2.24, 2.45) is 0 Å². The molecule has 130 valence electrons. The van der Waals surface area contributed by atoms with Crippen LogP contribution in [0.25, 0.3) is 5.69 Å². The zero-order chi connectivity index (χ0) is 17.8. The van der Waals surface area contributed by atoms with E-state index >= 15 is 0 Å². The molecule has 2 heterocycles. The smallest absolute Gasteiger partial charge is 0.357 e. The normalized spacial score (nSPS) is 11.0. The Morgan fingerprint density at radius 1 is 1.32 bits per heavy atom. The summed E-state index contributed by atoms with van der Waals surface area (Å²) in [6.45, 7) is 3.85. The molecule has 0 aliphatic rings. The monoisotopic (exact) mass is 358 g/mol. The van der Waals surface area contributed by atoms with Crippen molar-refractivity contribution in [1.29, 1.82) is 0 Å². The van der Waals surface area contributed by atoms with Crippen molar-refractivity contribution in [3.05, 3.63) is 53.9 Å². The fourth-order valence-electron chi connectivity index (χ4n) is 2.21. The van der Waals surface area contributed by atoms with Crippen LogP contribution in [0.1, 0.15) is 42.0 Å². The Morgan fingerprint density at radius 2 is 2.08 bits per heavy atom. The van der Waals surface area contributed by atoms with Gasteiger partial charge in [0.2, 0.25) is 0 Å². The molecule has 0 bridgehead atoms. The number of benzene rings is 1. The van der Waals surface area contributed by atoms with Gasteiger partial charge in [-0.15, -0.1) is 0 Å². The van der Waals surface area contributed by atoms with Crippen LogP contribution in [0.4, 0.5) is 0 Å². The number of carbonyl (C=O) groups is 1. The van der Waals surface area contributed by atoms with Gasteiger partial charge in [-0.25, -0.2) is 9.78 Å². The van der Waals surface area contributed by atoms with Crippen LogP contribution in [-0.2, 0) is 11.3 Å². The van der Waals surface area contributed by atoms with Crippen LogP contribution in [0.2, 0.25) is 0 Å². The molecule has 0 aliphatic heterocycles. The van der Waals surface area contributed by atoms with Gasteiger partial charge < -0.3 is 9.26 Å². The largest absolute Gasteiger partial charge is 0.451 e. The molecule has 0 saturated carbocycles. The molecule has 0 unspecified atom stereocenters. The molecule has 0 N–H and O–H groups in total. The van der Waals surface area contributed by atoms with Gasteiger partial charge in [0.1, 0.15) is 0 Å². The number of esters is 1. The van der Waals surface area contributed by atoms with Gasteiger partial charge in [-0.1, -0.05) is 49.0 Å². The predicted octanol–water partition coefficient (Wildman–Crippen LogP) is 3.46. The summed E-state index contributed by atoms with van der Waals surface area (Å²) in [4.78, 5) is 21.0. The Hall–Kier alpha value is -2.61. The van der Waals surface area contributed by atoms with E-state index in [1.165, 1.54) is 18.0 Å². The molecule has 0 spiro atoms. The highest BCUT2D eigenvalue weighted by Gasteiger charge is 2.20. The molecule has 0 saturated heterocycles. The maximum Gasteiger partial charge on any atom is 0.357 e. The molecule has 0 atom stereocenters. The van der Waals surface area contributed by atoms with Crippen LogP contribution in [0, 0.1) is 0 Å². The zero-order valence-corrected chi connectivity index (χ0v) is 15.0. The fourth-order valence-corrected chi connectivity index (χ4v) is 2.76. The Labute approximate surface area is 149 Å². The van der Waals surface area contributed by atoms with E-state index in [-0.39, 0.29) is 18.4 Å². The zero-order valence-electron chi connectivity index (χ0n) is 14.2. The molecular formula is C17H18N4O3S. The van der Waals surface area contributed by atoms with Crippen LogP contribution in [-0.4, -0.2) is 31.9 Å². The average Bonchev–Trinajstić information content (AvgIpc) is 3.27. The summed E-state index contributed by atoms with van der Waals surface area (Å²) in [5.41, 5.74) is 1.19. The Morgan fingerprint density at radius 3 is 2.72 bits per heavy atom. The van der Waals surface area contributed by atoms with E-state index in [0.29, 0.717) is 16.7 Å². The first-order chi connectivity index (χ1) is 12.1. The minimum Gasteiger partial charge on any atom is -0.451 e. The molecule has 1 aromatic carbocycles. The minimum atomic E-state index is -0.499. The molecule has 7 nitrogen and oxygen atoms in total. The number of carbonyl (C=O) groups excluding carboxylic acids is 1. The van der Waals surface area contributed by atoms with E-state index in [1.54, 1.807) is 4.57 Å². The molecule has 25 heavy (non-hydrogen) atoms. The van der Waals surface area contributed by atoms with Crippen molar-refractivity contribution < 1.29 is 14.1 Å². The first kappa shape index (κ1) is 17.2. The van der Waals surface area contributed by atoms with Crippen molar-refractivity contribution in [2.45, 2.75) is 31.5 Å². The molecule has 0 aliphatic carbocycles. The van der Waals surface area contributed by atoms with Crippen LogP contribution in [0.15, 0.2) is 46.2 Å². The number of hydrogen-bond donors (Lipinski definition) is 0. The lowest BCUT2D eigenvalue weighted by molar-refractivity contribution is 0.0419. The Balaban J connectivity index is 1.79. The van der Waals surface area contributed by atoms with Gasteiger partial charge in [-0.3, -0.25) is 4.57 Å². The van der Waals surface area contributed by atoms with E-state index in [1.807, 2.05) is 50.4 Å². The number of thioether (sulfide) groups is 1. The minimum absolute atomic E-state index is 0.0763. The molecule has 8 heteroatoms. The number of aromatic nitrogens is 4. The fraction of sp³-hybridized carbons (Fsp3) is 0.294. The summed E-state index contributed by atoms with van der Waals surface area (Å²) in [5, 5.41) is 4.56. The first-order valence-electron chi connectivity index (χ1n) is 7.77. The summed E-state index contributed by atoms with van der Waals surface area (Å²) in [5.74, 6) is 0.510. The Kier molecular flexibility index (Phi) is 5.18. The van der Waals surface area contributed by atoms with Gasteiger partial charge in [0, 0.05) is 11.6 Å². The predicted molar refractivity (Wildman–Crippen MR) is 92.9 cm³/mol. The third kappa shape index (κ3) is 3.74. The number of nitrogens with zero attached hydrogens (tertiary/aromatic N) is 4. The van der Waals surface area contributed by atoms with E-state index in [9.17, 15) is 4.79 Å². The third-order valence-electron chi connectivity index (χ3n) is 3.46. The standard InChI is InChI=1S/C17H18N4O3S/c1-11(2)15-19-14(24-20-15)10-23-16(22)13-9-18-17(25-3)21(13)12-7-5-4-6-8-12/h4-9,11H,10H2,1-3H3. The van der Waals surface area contributed by atoms with Crippen LogP contribution >= 0.6 is 11.8 Å². The second-order valence-electron chi connectivity index (χ2n) is 5.58. The van der Waals surface area contributed by atoms with Gasteiger partial charge in [-0.2, -0.15) is 4.98 Å². The highest BCUT2D eigenvalue weighted by molar-refractivity contribution is 7.98.